The van der Waals surface area contributed by atoms with Gasteiger partial charge in [0.25, 0.3) is 0 Å². The minimum atomic E-state index is -0.438. The fourth-order valence-corrected chi connectivity index (χ4v) is 4.41. The maximum Gasteiger partial charge on any atom is 0.346 e. The summed E-state index contributed by atoms with van der Waals surface area (Å²) in [5, 5.41) is 11.0. The predicted molar refractivity (Wildman–Crippen MR) is 88.1 cm³/mol. The lowest BCUT2D eigenvalue weighted by atomic mass is 10.2. The van der Waals surface area contributed by atoms with E-state index in [0.717, 1.165) is 9.40 Å². The van der Waals surface area contributed by atoms with E-state index in [1.807, 2.05) is 18.2 Å². The average molecular weight is 325 g/mol. The van der Waals surface area contributed by atoms with Gasteiger partial charge in [-0.05, 0) is 12.1 Å². The quantitative estimate of drug-likeness (QED) is 0.540. The van der Waals surface area contributed by atoms with Crippen molar-refractivity contribution in [2.45, 2.75) is 0 Å². The van der Waals surface area contributed by atoms with Crippen LogP contribution in [-0.4, -0.2) is 4.98 Å². The number of nitriles is 1. The molecule has 0 radical (unpaired) electrons. The van der Waals surface area contributed by atoms with E-state index < -0.39 is 5.63 Å². The molecule has 22 heavy (non-hydrogen) atoms. The highest BCUT2D eigenvalue weighted by Gasteiger charge is 2.18. The molecule has 3 heterocycles. The van der Waals surface area contributed by atoms with Gasteiger partial charge in [0.1, 0.15) is 36.8 Å². The molecule has 0 saturated heterocycles. The molecule has 0 aliphatic rings. The van der Waals surface area contributed by atoms with Gasteiger partial charge >= 0.3 is 5.63 Å². The average Bonchev–Trinajstić information content (AvgIpc) is 3.02. The van der Waals surface area contributed by atoms with Crippen molar-refractivity contribution in [1.29, 1.82) is 5.26 Å². The SMILES string of the molecule is N#Cc1c(N)sc2sc(-c3cc4ccccc4oc3=O)nc12. The molecule has 0 amide bonds. The molecule has 4 aromatic rings. The number of hydrogen-bond acceptors (Lipinski definition) is 7. The zero-order chi connectivity index (χ0) is 15.3. The van der Waals surface area contributed by atoms with Crippen LogP contribution >= 0.6 is 22.7 Å². The predicted octanol–water partition coefficient (Wildman–Crippen LogP) is 3.59. The zero-order valence-corrected chi connectivity index (χ0v) is 12.6. The van der Waals surface area contributed by atoms with E-state index in [1.165, 1.54) is 22.7 Å². The Bertz CT molecular complexity index is 1130. The second-order valence-electron chi connectivity index (χ2n) is 4.59. The van der Waals surface area contributed by atoms with Gasteiger partial charge in [-0.15, -0.1) is 22.7 Å². The molecule has 4 rings (SSSR count). The number of hydrogen-bond donors (Lipinski definition) is 1. The van der Waals surface area contributed by atoms with E-state index in [2.05, 4.69) is 11.1 Å². The lowest BCUT2D eigenvalue weighted by Crippen LogP contribution is -2.02. The van der Waals surface area contributed by atoms with Gasteiger partial charge in [-0.2, -0.15) is 5.26 Å². The normalized spacial score (nSPS) is 11.0. The van der Waals surface area contributed by atoms with Crippen molar-refractivity contribution < 1.29 is 4.42 Å². The van der Waals surface area contributed by atoms with Crippen LogP contribution in [0.4, 0.5) is 5.00 Å². The molecule has 1 aromatic carbocycles. The molecule has 0 aliphatic carbocycles. The van der Waals surface area contributed by atoms with Crippen molar-refractivity contribution in [2.75, 3.05) is 5.73 Å². The van der Waals surface area contributed by atoms with E-state index in [4.69, 9.17) is 15.4 Å². The third kappa shape index (κ3) is 1.82. The first-order valence-corrected chi connectivity index (χ1v) is 7.93. The van der Waals surface area contributed by atoms with Crippen LogP contribution in [-0.2, 0) is 0 Å². The van der Waals surface area contributed by atoms with Gasteiger partial charge in [-0.1, -0.05) is 18.2 Å². The van der Waals surface area contributed by atoms with Gasteiger partial charge in [-0.3, -0.25) is 0 Å². The van der Waals surface area contributed by atoms with Crippen molar-refractivity contribution >= 4 is 48.2 Å². The van der Waals surface area contributed by atoms with Crippen molar-refractivity contribution in [3.63, 3.8) is 0 Å². The molecule has 2 N–H and O–H groups in total. The van der Waals surface area contributed by atoms with Crippen LogP contribution in [0.1, 0.15) is 5.56 Å². The number of nitrogen functional groups attached to an aromatic ring is 1. The van der Waals surface area contributed by atoms with Crippen LogP contribution in [0.5, 0.6) is 0 Å². The van der Waals surface area contributed by atoms with Crippen LogP contribution in [0, 0.1) is 11.3 Å². The number of thiazole rings is 1. The summed E-state index contributed by atoms with van der Waals surface area (Å²) in [7, 11) is 0. The van der Waals surface area contributed by atoms with E-state index in [9.17, 15) is 4.79 Å². The van der Waals surface area contributed by atoms with Crippen LogP contribution < -0.4 is 11.4 Å². The number of rotatable bonds is 1. The van der Waals surface area contributed by atoms with Crippen molar-refractivity contribution in [3.05, 3.63) is 46.3 Å². The number of nitrogens with zero attached hydrogens (tertiary/aromatic N) is 2. The molecule has 5 nitrogen and oxygen atoms in total. The highest BCUT2D eigenvalue weighted by atomic mass is 32.2. The largest absolute Gasteiger partial charge is 0.422 e. The highest BCUT2D eigenvalue weighted by Crippen LogP contribution is 2.39. The molecule has 3 aromatic heterocycles. The third-order valence-electron chi connectivity index (χ3n) is 3.27. The molecule has 7 heteroatoms. The highest BCUT2D eigenvalue weighted by molar-refractivity contribution is 7.41. The standard InChI is InChI=1S/C15H7N3O2S2/c16-6-9-11-15(21-12(9)17)22-13(18-11)8-5-7-3-1-2-4-10(7)20-14(8)19/h1-5H,17H2. The van der Waals surface area contributed by atoms with Gasteiger partial charge in [0.2, 0.25) is 0 Å². The summed E-state index contributed by atoms with van der Waals surface area (Å²) in [5.41, 5.74) is 7.20. The van der Waals surface area contributed by atoms with Gasteiger partial charge in [0.15, 0.2) is 0 Å². The Balaban J connectivity index is 1.99. The minimum Gasteiger partial charge on any atom is -0.422 e. The summed E-state index contributed by atoms with van der Waals surface area (Å²) in [4.78, 5) is 16.6. The number of benzene rings is 1. The monoisotopic (exact) mass is 325 g/mol. The lowest BCUT2D eigenvalue weighted by Gasteiger charge is -1.98. The zero-order valence-electron chi connectivity index (χ0n) is 11.0. The van der Waals surface area contributed by atoms with Gasteiger partial charge in [0.05, 0.1) is 5.56 Å². The van der Waals surface area contributed by atoms with Crippen LogP contribution in [0.15, 0.2) is 39.5 Å². The third-order valence-corrected chi connectivity index (χ3v) is 5.45. The smallest absolute Gasteiger partial charge is 0.346 e. The maximum absolute atomic E-state index is 12.2. The Kier molecular flexibility index (Phi) is 2.76. The molecule has 0 bridgehead atoms. The van der Waals surface area contributed by atoms with Crippen LogP contribution in [0.2, 0.25) is 0 Å². The summed E-state index contributed by atoms with van der Waals surface area (Å²) in [6, 6.07) is 11.1. The molecule has 0 aliphatic heterocycles. The van der Waals surface area contributed by atoms with Gasteiger partial charge < -0.3 is 10.2 Å². The Morgan fingerprint density at radius 2 is 2.09 bits per heavy atom. The van der Waals surface area contributed by atoms with E-state index in [0.29, 0.717) is 32.2 Å². The maximum atomic E-state index is 12.2. The topological polar surface area (TPSA) is 92.9 Å². The van der Waals surface area contributed by atoms with Crippen molar-refractivity contribution in [2.24, 2.45) is 0 Å². The van der Waals surface area contributed by atoms with Gasteiger partial charge in [0, 0.05) is 5.39 Å². The lowest BCUT2D eigenvalue weighted by molar-refractivity contribution is 0.563. The number of fused-ring (bicyclic) bond motifs is 2. The summed E-state index contributed by atoms with van der Waals surface area (Å²) in [6.45, 7) is 0. The first-order valence-electron chi connectivity index (χ1n) is 6.29. The number of anilines is 1. The molecule has 0 atom stereocenters. The first-order chi connectivity index (χ1) is 10.7. The second-order valence-corrected chi connectivity index (χ2v) is 6.90. The fraction of sp³-hybridized carbons (Fsp3) is 0. The Morgan fingerprint density at radius 1 is 1.27 bits per heavy atom. The van der Waals surface area contributed by atoms with E-state index >= 15 is 0 Å². The number of para-hydroxylation sites is 1. The van der Waals surface area contributed by atoms with Gasteiger partial charge in [-0.25, -0.2) is 9.78 Å². The molecular weight excluding hydrogens is 318 g/mol. The summed E-state index contributed by atoms with van der Waals surface area (Å²) >= 11 is 2.65. The summed E-state index contributed by atoms with van der Waals surface area (Å²) < 4.78 is 6.16. The number of nitrogens with two attached hydrogens (primary N) is 1. The Labute approximate surface area is 131 Å². The van der Waals surface area contributed by atoms with E-state index in [1.54, 1.807) is 12.1 Å². The van der Waals surface area contributed by atoms with Crippen LogP contribution in [0.3, 0.4) is 0 Å². The Hall–Kier alpha value is -2.69. The molecule has 0 unspecified atom stereocenters. The van der Waals surface area contributed by atoms with Crippen molar-refractivity contribution in [3.8, 4) is 16.6 Å². The molecule has 106 valence electrons. The van der Waals surface area contributed by atoms with E-state index in [-0.39, 0.29) is 0 Å². The Morgan fingerprint density at radius 3 is 2.91 bits per heavy atom. The summed E-state index contributed by atoms with van der Waals surface area (Å²) in [6.07, 6.45) is 0. The second kappa shape index (κ2) is 4.66. The molecule has 0 spiro atoms. The van der Waals surface area contributed by atoms with Crippen LogP contribution in [0.25, 0.3) is 31.1 Å². The number of thiophene rings is 1. The molecule has 0 saturated carbocycles. The molecular formula is C15H7N3O2S2. The number of aromatic nitrogens is 1. The molecule has 0 fully saturated rings. The minimum absolute atomic E-state index is 0.368. The summed E-state index contributed by atoms with van der Waals surface area (Å²) in [5.74, 6) is 0. The van der Waals surface area contributed by atoms with Crippen molar-refractivity contribution in [1.82, 2.24) is 4.98 Å². The first kappa shape index (κ1) is 13.0. The fourth-order valence-electron chi connectivity index (χ4n) is 2.24.